The van der Waals surface area contributed by atoms with Gasteiger partial charge in [0.15, 0.2) is 0 Å². The van der Waals surface area contributed by atoms with E-state index < -0.39 is 15.9 Å². The van der Waals surface area contributed by atoms with Gasteiger partial charge in [0.2, 0.25) is 10.0 Å². The lowest BCUT2D eigenvalue weighted by Crippen LogP contribution is -2.51. The topological polar surface area (TPSA) is 94.2 Å². The van der Waals surface area contributed by atoms with E-state index in [1.807, 2.05) is 12.1 Å². The molecule has 7 rings (SSSR count). The van der Waals surface area contributed by atoms with Crippen molar-refractivity contribution in [1.29, 1.82) is 0 Å². The van der Waals surface area contributed by atoms with Crippen LogP contribution in [0.1, 0.15) is 66.9 Å². The van der Waals surface area contributed by atoms with Gasteiger partial charge in [0.25, 0.3) is 5.91 Å². The summed E-state index contributed by atoms with van der Waals surface area (Å²) in [6, 6.07) is 11.5. The molecule has 3 aliphatic heterocycles. The average Bonchev–Trinajstić information content (AvgIpc) is 3.07. The number of rotatable bonds is 0. The van der Waals surface area contributed by atoms with Crippen molar-refractivity contribution in [3.63, 3.8) is 0 Å². The van der Waals surface area contributed by atoms with Crippen LogP contribution < -0.4 is 14.4 Å². The molecule has 1 saturated heterocycles. The highest BCUT2D eigenvalue weighted by atomic mass is 35.5. The molecule has 2 aromatic carbocycles. The number of nitrogens with zero attached hydrogens (tertiary/aromatic N) is 1. The normalized spacial score (nSPS) is 34.2. The van der Waals surface area contributed by atoms with Crippen LogP contribution in [0.4, 0.5) is 5.69 Å². The fourth-order valence-corrected chi connectivity index (χ4v) is 8.98. The van der Waals surface area contributed by atoms with Crippen molar-refractivity contribution in [3.8, 4) is 5.75 Å². The Labute approximate surface area is 253 Å². The minimum atomic E-state index is -3.87. The summed E-state index contributed by atoms with van der Waals surface area (Å²) in [7, 11) is -3.87. The van der Waals surface area contributed by atoms with E-state index in [-0.39, 0.29) is 36.1 Å². The molecule has 2 aromatic rings. The zero-order valence-corrected chi connectivity index (χ0v) is 25.6. The molecule has 226 valence electrons. The SMILES string of the molecule is C[C@@H]1C[C@H]2C[C@@H](O1)[C@@H]1CC[C@H]1CN1C[C@@]3(CCCc4cc(Cl)ccc43)COc3ccc(cc31)C(=O)NS(=O)(=O)CCO2. The van der Waals surface area contributed by atoms with E-state index in [0.717, 1.165) is 74.5 Å². The Hall–Kier alpha value is -2.33. The summed E-state index contributed by atoms with van der Waals surface area (Å²) >= 11 is 6.41. The molecule has 2 fully saturated rings. The van der Waals surface area contributed by atoms with Gasteiger partial charge in [-0.1, -0.05) is 17.7 Å². The van der Waals surface area contributed by atoms with Crippen molar-refractivity contribution in [2.24, 2.45) is 11.8 Å². The van der Waals surface area contributed by atoms with Crippen LogP contribution in [0.5, 0.6) is 5.75 Å². The van der Waals surface area contributed by atoms with Gasteiger partial charge in [-0.2, -0.15) is 0 Å². The zero-order chi connectivity index (χ0) is 29.1. The van der Waals surface area contributed by atoms with Gasteiger partial charge in [0, 0.05) is 35.5 Å². The fourth-order valence-electron chi connectivity index (χ4n) is 7.97. The maximum atomic E-state index is 13.2. The number of fused-ring (bicyclic) bond motifs is 7. The summed E-state index contributed by atoms with van der Waals surface area (Å²) < 4.78 is 47.0. The van der Waals surface area contributed by atoms with Crippen molar-refractivity contribution in [1.82, 2.24) is 4.72 Å². The van der Waals surface area contributed by atoms with E-state index in [0.29, 0.717) is 24.0 Å². The second-order valence-electron chi connectivity index (χ2n) is 13.0. The quantitative estimate of drug-likeness (QED) is 0.453. The van der Waals surface area contributed by atoms with Gasteiger partial charge >= 0.3 is 0 Å². The molecule has 5 aliphatic rings. The first-order valence-corrected chi connectivity index (χ1v) is 17.3. The van der Waals surface area contributed by atoms with Gasteiger partial charge in [-0.05, 0) is 98.7 Å². The number of hydrogen-bond donors (Lipinski definition) is 1. The van der Waals surface area contributed by atoms with Crippen molar-refractivity contribution >= 4 is 33.2 Å². The molecule has 1 spiro atoms. The van der Waals surface area contributed by atoms with Gasteiger partial charge in [-0.25, -0.2) is 13.1 Å². The number of nitrogens with one attached hydrogen (secondary N) is 1. The minimum Gasteiger partial charge on any atom is -0.490 e. The van der Waals surface area contributed by atoms with Gasteiger partial charge in [-0.15, -0.1) is 0 Å². The number of carbonyl (C=O) groups is 1. The van der Waals surface area contributed by atoms with Gasteiger partial charge in [0.05, 0.1) is 43.0 Å². The lowest BCUT2D eigenvalue weighted by atomic mass is 9.67. The number of aryl methyl sites for hydroxylation is 1. The van der Waals surface area contributed by atoms with E-state index in [9.17, 15) is 13.2 Å². The predicted octanol–water partition coefficient (Wildman–Crippen LogP) is 4.87. The van der Waals surface area contributed by atoms with Crippen LogP contribution >= 0.6 is 11.6 Å². The predicted molar refractivity (Wildman–Crippen MR) is 161 cm³/mol. The van der Waals surface area contributed by atoms with Gasteiger partial charge < -0.3 is 19.1 Å². The average molecular weight is 615 g/mol. The van der Waals surface area contributed by atoms with Crippen molar-refractivity contribution in [3.05, 3.63) is 58.1 Å². The van der Waals surface area contributed by atoms with Crippen LogP contribution in [0.25, 0.3) is 0 Å². The summed E-state index contributed by atoms with van der Waals surface area (Å²) in [5, 5.41) is 0.751. The lowest BCUT2D eigenvalue weighted by molar-refractivity contribution is -0.146. The fraction of sp³-hybridized carbons (Fsp3) is 0.594. The maximum absolute atomic E-state index is 13.2. The van der Waals surface area contributed by atoms with E-state index in [1.165, 1.54) is 11.1 Å². The molecule has 4 bridgehead atoms. The van der Waals surface area contributed by atoms with Gasteiger partial charge in [0.1, 0.15) is 5.75 Å². The summed E-state index contributed by atoms with van der Waals surface area (Å²) in [4.78, 5) is 15.6. The van der Waals surface area contributed by atoms with Crippen LogP contribution in [-0.4, -0.2) is 64.7 Å². The van der Waals surface area contributed by atoms with Crippen molar-refractivity contribution < 1.29 is 27.4 Å². The number of hydrogen-bond acceptors (Lipinski definition) is 7. The number of halogens is 1. The summed E-state index contributed by atoms with van der Waals surface area (Å²) in [6.45, 7) is 4.21. The Morgan fingerprint density at radius 3 is 2.83 bits per heavy atom. The maximum Gasteiger partial charge on any atom is 0.264 e. The first kappa shape index (κ1) is 28.4. The monoisotopic (exact) mass is 614 g/mol. The second kappa shape index (κ2) is 11.0. The molecule has 6 atom stereocenters. The number of sulfonamides is 1. The molecule has 0 aromatic heterocycles. The summed E-state index contributed by atoms with van der Waals surface area (Å²) in [5.41, 5.74) is 3.48. The highest BCUT2D eigenvalue weighted by molar-refractivity contribution is 7.90. The number of anilines is 1. The number of carbonyl (C=O) groups excluding carboxylic acids is 1. The number of amides is 1. The van der Waals surface area contributed by atoms with Crippen LogP contribution in [0, 0.1) is 11.8 Å². The first-order valence-electron chi connectivity index (χ1n) is 15.3. The molecule has 2 aliphatic carbocycles. The highest BCUT2D eigenvalue weighted by Gasteiger charge is 2.46. The smallest absolute Gasteiger partial charge is 0.264 e. The highest BCUT2D eigenvalue weighted by Crippen LogP contribution is 2.48. The summed E-state index contributed by atoms with van der Waals surface area (Å²) in [5.74, 6) is 0.655. The Balaban J connectivity index is 1.29. The molecule has 0 unspecified atom stereocenters. The third-order valence-corrected chi connectivity index (χ3v) is 11.6. The molecule has 1 N–H and O–H groups in total. The Morgan fingerprint density at radius 1 is 1.12 bits per heavy atom. The Bertz CT molecular complexity index is 1480. The van der Waals surface area contributed by atoms with Crippen LogP contribution in [0.2, 0.25) is 5.02 Å². The zero-order valence-electron chi connectivity index (χ0n) is 24.0. The molecular formula is C32H39ClN2O6S. The lowest BCUT2D eigenvalue weighted by Gasteiger charge is -2.48. The molecule has 3 heterocycles. The Morgan fingerprint density at radius 2 is 2.00 bits per heavy atom. The molecule has 10 heteroatoms. The molecule has 42 heavy (non-hydrogen) atoms. The Kier molecular flexibility index (Phi) is 7.44. The second-order valence-corrected chi connectivity index (χ2v) is 15.3. The third kappa shape index (κ3) is 5.42. The summed E-state index contributed by atoms with van der Waals surface area (Å²) in [6.07, 6.45) is 6.85. The van der Waals surface area contributed by atoms with Crippen LogP contribution in [0.15, 0.2) is 36.4 Å². The van der Waals surface area contributed by atoms with Gasteiger partial charge in [-0.3, -0.25) is 4.79 Å². The minimum absolute atomic E-state index is 0.0430. The van der Waals surface area contributed by atoms with E-state index in [1.54, 1.807) is 12.1 Å². The van der Waals surface area contributed by atoms with Crippen molar-refractivity contribution in [2.45, 2.75) is 75.6 Å². The van der Waals surface area contributed by atoms with E-state index >= 15 is 0 Å². The van der Waals surface area contributed by atoms with Crippen LogP contribution in [0.3, 0.4) is 0 Å². The van der Waals surface area contributed by atoms with E-state index in [4.69, 9.17) is 25.8 Å². The number of benzene rings is 2. The van der Waals surface area contributed by atoms with Crippen LogP contribution in [-0.2, 0) is 31.3 Å². The largest absolute Gasteiger partial charge is 0.490 e. The molecule has 8 nitrogen and oxygen atoms in total. The van der Waals surface area contributed by atoms with E-state index in [2.05, 4.69) is 28.7 Å². The molecule has 1 amide bonds. The van der Waals surface area contributed by atoms with Crippen molar-refractivity contribution in [2.75, 3.05) is 37.0 Å². The first-order chi connectivity index (χ1) is 20.2. The molecular weight excluding hydrogens is 576 g/mol. The molecule has 0 radical (unpaired) electrons. The molecule has 1 saturated carbocycles. The standard InChI is InChI=1S/C32H39ClN2O6S/c1-20-13-25-16-30(41-20)26-7-4-23(26)17-35-18-32(10-2-3-21-14-24(33)6-8-27(21)32)19-40-29-9-5-22(15-28(29)35)31(36)34-42(37,38)12-11-39-25/h5-6,8-9,14-15,20,23,25-26,30H,2-4,7,10-13,16-19H2,1H3,(H,34,36)/t20-,23+,25+,26-,30-,32+/m1/s1. The number of ether oxygens (including phenoxy) is 3. The third-order valence-electron chi connectivity index (χ3n) is 10.2.